The van der Waals surface area contributed by atoms with Crippen LogP contribution in [0.5, 0.6) is 0 Å². The molecular formula is C14H20BrFN2S. The number of nitrogens with two attached hydrogens (primary N) is 1. The Labute approximate surface area is 128 Å². The van der Waals surface area contributed by atoms with Crippen molar-refractivity contribution in [1.29, 1.82) is 0 Å². The Morgan fingerprint density at radius 1 is 1.42 bits per heavy atom. The van der Waals surface area contributed by atoms with Crippen LogP contribution in [0.4, 0.5) is 10.1 Å². The number of hydrogen-bond donors (Lipinski definition) is 2. The Kier molecular flexibility index (Phi) is 6.20. The molecule has 0 heterocycles. The molecule has 0 aliphatic carbocycles. The highest BCUT2D eigenvalue weighted by Crippen LogP contribution is 2.28. The highest BCUT2D eigenvalue weighted by molar-refractivity contribution is 9.10. The van der Waals surface area contributed by atoms with Gasteiger partial charge in [0.15, 0.2) is 5.82 Å². The fourth-order valence-corrected chi connectivity index (χ4v) is 3.07. The first-order valence-electron chi connectivity index (χ1n) is 6.46. The first kappa shape index (κ1) is 16.4. The van der Waals surface area contributed by atoms with Crippen molar-refractivity contribution in [1.82, 2.24) is 0 Å². The molecule has 1 rings (SSSR count). The number of rotatable bonds is 6. The summed E-state index contributed by atoms with van der Waals surface area (Å²) in [5, 5.41) is 3.23. The van der Waals surface area contributed by atoms with Crippen LogP contribution >= 0.6 is 28.1 Å². The van der Waals surface area contributed by atoms with Gasteiger partial charge in [-0.15, -0.1) is 0 Å². The molecule has 19 heavy (non-hydrogen) atoms. The van der Waals surface area contributed by atoms with Crippen molar-refractivity contribution in [3.05, 3.63) is 28.0 Å². The number of anilines is 1. The Bertz CT molecular complexity index is 461. The van der Waals surface area contributed by atoms with E-state index in [9.17, 15) is 4.39 Å². The lowest BCUT2D eigenvalue weighted by molar-refractivity contribution is 0.436. The summed E-state index contributed by atoms with van der Waals surface area (Å²) in [7, 11) is 0. The maximum atomic E-state index is 14.2. The molecule has 0 saturated heterocycles. The molecule has 106 valence electrons. The zero-order valence-corrected chi connectivity index (χ0v) is 13.9. The molecule has 5 heteroatoms. The largest absolute Gasteiger partial charge is 0.389 e. The molecule has 0 fully saturated rings. The average molecular weight is 347 g/mol. The Morgan fingerprint density at radius 2 is 2.00 bits per heavy atom. The smallest absolute Gasteiger partial charge is 0.161 e. The second-order valence-electron chi connectivity index (χ2n) is 4.66. The number of hydrogen-bond acceptors (Lipinski definition) is 2. The van der Waals surface area contributed by atoms with Crippen LogP contribution < -0.4 is 11.1 Å². The Hall–Kier alpha value is -0.680. The highest BCUT2D eigenvalue weighted by Gasteiger charge is 2.17. The zero-order chi connectivity index (χ0) is 14.6. The molecule has 2 nitrogen and oxygen atoms in total. The van der Waals surface area contributed by atoms with E-state index >= 15 is 0 Å². The SMILES string of the molecule is CCC(CC)C(C)Nc1ccc(C(N)=S)c(Br)c1F. The third-order valence-electron chi connectivity index (χ3n) is 3.49. The quantitative estimate of drug-likeness (QED) is 0.746. The van der Waals surface area contributed by atoms with Crippen LogP contribution in [0.25, 0.3) is 0 Å². The second kappa shape index (κ2) is 7.20. The van der Waals surface area contributed by atoms with Crippen LogP contribution in [0.2, 0.25) is 0 Å². The van der Waals surface area contributed by atoms with E-state index in [0.29, 0.717) is 21.6 Å². The van der Waals surface area contributed by atoms with Gasteiger partial charge in [-0.1, -0.05) is 38.9 Å². The zero-order valence-electron chi connectivity index (χ0n) is 11.5. The summed E-state index contributed by atoms with van der Waals surface area (Å²) in [5.41, 5.74) is 6.54. The summed E-state index contributed by atoms with van der Waals surface area (Å²) in [6, 6.07) is 3.64. The predicted octanol–water partition coefficient (Wildman–Crippen LogP) is 4.46. The number of halogens is 2. The van der Waals surface area contributed by atoms with Gasteiger partial charge in [0.25, 0.3) is 0 Å². The normalized spacial score (nSPS) is 12.5. The summed E-state index contributed by atoms with van der Waals surface area (Å²) in [6.45, 7) is 6.37. The lowest BCUT2D eigenvalue weighted by atomic mass is 9.95. The van der Waals surface area contributed by atoms with E-state index < -0.39 is 0 Å². The van der Waals surface area contributed by atoms with Crippen LogP contribution in [0.15, 0.2) is 16.6 Å². The van der Waals surface area contributed by atoms with Crippen LogP contribution in [0, 0.1) is 11.7 Å². The molecule has 0 aliphatic heterocycles. The monoisotopic (exact) mass is 346 g/mol. The Morgan fingerprint density at radius 3 is 2.47 bits per heavy atom. The van der Waals surface area contributed by atoms with Crippen molar-refractivity contribution < 1.29 is 4.39 Å². The molecule has 0 aliphatic rings. The van der Waals surface area contributed by atoms with Crippen molar-refractivity contribution >= 4 is 38.8 Å². The van der Waals surface area contributed by atoms with Crippen molar-refractivity contribution in [2.75, 3.05) is 5.32 Å². The summed E-state index contributed by atoms with van der Waals surface area (Å²) in [5.74, 6) is 0.177. The summed E-state index contributed by atoms with van der Waals surface area (Å²) in [6.07, 6.45) is 2.14. The first-order chi connectivity index (χ1) is 8.92. The molecule has 1 atom stereocenters. The standard InChI is InChI=1S/C14H20BrFN2S/c1-4-9(5-2)8(3)18-11-7-6-10(14(17)19)12(15)13(11)16/h6-9,18H,4-5H2,1-3H3,(H2,17,19). The third-order valence-corrected chi connectivity index (χ3v) is 4.48. The average Bonchev–Trinajstić information content (AvgIpc) is 2.36. The van der Waals surface area contributed by atoms with Gasteiger partial charge < -0.3 is 11.1 Å². The highest BCUT2D eigenvalue weighted by atomic mass is 79.9. The van der Waals surface area contributed by atoms with Gasteiger partial charge in [-0.2, -0.15) is 0 Å². The molecule has 0 spiro atoms. The summed E-state index contributed by atoms with van der Waals surface area (Å²) < 4.78 is 14.6. The molecule has 0 amide bonds. The van der Waals surface area contributed by atoms with Gasteiger partial charge in [-0.05, 0) is 40.9 Å². The van der Waals surface area contributed by atoms with Crippen molar-refractivity contribution in [2.24, 2.45) is 11.7 Å². The van der Waals surface area contributed by atoms with Crippen molar-refractivity contribution in [2.45, 2.75) is 39.7 Å². The van der Waals surface area contributed by atoms with Crippen molar-refractivity contribution in [3.63, 3.8) is 0 Å². The van der Waals surface area contributed by atoms with Crippen LogP contribution in [0.1, 0.15) is 39.2 Å². The number of benzene rings is 1. The van der Waals surface area contributed by atoms with E-state index in [4.69, 9.17) is 18.0 Å². The minimum Gasteiger partial charge on any atom is -0.389 e. The van der Waals surface area contributed by atoms with Gasteiger partial charge >= 0.3 is 0 Å². The van der Waals surface area contributed by atoms with Gasteiger partial charge in [0.2, 0.25) is 0 Å². The molecule has 0 radical (unpaired) electrons. The van der Waals surface area contributed by atoms with E-state index in [1.165, 1.54) is 0 Å². The van der Waals surface area contributed by atoms with Crippen LogP contribution in [-0.2, 0) is 0 Å². The minimum atomic E-state index is -0.344. The van der Waals surface area contributed by atoms with Crippen molar-refractivity contribution in [3.8, 4) is 0 Å². The van der Waals surface area contributed by atoms with Gasteiger partial charge in [0.1, 0.15) is 4.99 Å². The van der Waals surface area contributed by atoms with Gasteiger partial charge in [0, 0.05) is 11.6 Å². The number of thiocarbonyl (C=S) groups is 1. The van der Waals surface area contributed by atoms with Gasteiger partial charge in [-0.3, -0.25) is 0 Å². The summed E-state index contributed by atoms with van der Waals surface area (Å²) >= 11 is 8.09. The first-order valence-corrected chi connectivity index (χ1v) is 7.66. The lowest BCUT2D eigenvalue weighted by Gasteiger charge is -2.24. The van der Waals surface area contributed by atoms with Gasteiger partial charge in [-0.25, -0.2) is 4.39 Å². The Balaban J connectivity index is 2.97. The van der Waals surface area contributed by atoms with E-state index in [-0.39, 0.29) is 16.8 Å². The van der Waals surface area contributed by atoms with E-state index in [1.807, 2.05) is 0 Å². The molecule has 0 bridgehead atoms. The predicted molar refractivity (Wildman–Crippen MR) is 87.1 cm³/mol. The molecule has 1 aromatic rings. The maximum Gasteiger partial charge on any atom is 0.161 e. The molecule has 1 aromatic carbocycles. The van der Waals surface area contributed by atoms with Gasteiger partial charge in [0.05, 0.1) is 10.2 Å². The fourth-order valence-electron chi connectivity index (χ4n) is 2.21. The molecule has 0 aromatic heterocycles. The fraction of sp³-hybridized carbons (Fsp3) is 0.500. The minimum absolute atomic E-state index is 0.186. The molecule has 0 saturated carbocycles. The third kappa shape index (κ3) is 3.89. The molecular weight excluding hydrogens is 327 g/mol. The summed E-state index contributed by atoms with van der Waals surface area (Å²) in [4.78, 5) is 0.186. The second-order valence-corrected chi connectivity index (χ2v) is 5.90. The van der Waals surface area contributed by atoms with E-state index in [0.717, 1.165) is 12.8 Å². The van der Waals surface area contributed by atoms with Crippen LogP contribution in [-0.4, -0.2) is 11.0 Å². The number of nitrogens with one attached hydrogen (secondary N) is 1. The topological polar surface area (TPSA) is 38.0 Å². The molecule has 1 unspecified atom stereocenters. The molecule has 3 N–H and O–H groups in total. The van der Waals surface area contributed by atoms with Crippen LogP contribution in [0.3, 0.4) is 0 Å². The lowest BCUT2D eigenvalue weighted by Crippen LogP contribution is -2.25. The van der Waals surface area contributed by atoms with E-state index in [1.54, 1.807) is 12.1 Å². The maximum absolute atomic E-state index is 14.2. The van der Waals surface area contributed by atoms with E-state index in [2.05, 4.69) is 42.0 Å².